The first-order chi connectivity index (χ1) is 7.79. The molecular formula is C14H21NO2. The van der Waals surface area contributed by atoms with Crippen LogP contribution in [0.15, 0.2) is 24.3 Å². The number of nitrogens with two attached hydrogens (primary N) is 1. The molecule has 17 heavy (non-hydrogen) atoms. The number of hydrogen-bond donors (Lipinski definition) is 1. The molecule has 0 amide bonds. The average Bonchev–Trinajstić information content (AvgIpc) is 2.14. The van der Waals surface area contributed by atoms with Crippen LogP contribution in [0, 0.1) is 6.92 Å². The van der Waals surface area contributed by atoms with Crippen molar-refractivity contribution in [2.45, 2.75) is 45.8 Å². The largest absolute Gasteiger partial charge is 0.460 e. The van der Waals surface area contributed by atoms with Crippen molar-refractivity contribution in [1.82, 2.24) is 0 Å². The van der Waals surface area contributed by atoms with E-state index >= 15 is 0 Å². The van der Waals surface area contributed by atoms with E-state index in [1.165, 1.54) is 0 Å². The highest BCUT2D eigenvalue weighted by atomic mass is 16.6. The maximum Gasteiger partial charge on any atom is 0.308 e. The molecule has 0 saturated heterocycles. The van der Waals surface area contributed by atoms with Gasteiger partial charge in [0, 0.05) is 6.04 Å². The summed E-state index contributed by atoms with van der Waals surface area (Å²) in [6, 6.07) is 7.52. The Morgan fingerprint density at radius 1 is 1.35 bits per heavy atom. The minimum atomic E-state index is -0.456. The predicted molar refractivity (Wildman–Crippen MR) is 68.6 cm³/mol. The maximum atomic E-state index is 11.7. The number of rotatable bonds is 3. The average molecular weight is 235 g/mol. The van der Waals surface area contributed by atoms with Crippen molar-refractivity contribution in [3.63, 3.8) is 0 Å². The van der Waals surface area contributed by atoms with Crippen molar-refractivity contribution in [3.8, 4) is 0 Å². The number of ether oxygens (including phenoxy) is 1. The zero-order valence-electron chi connectivity index (χ0n) is 11.0. The first-order valence-electron chi connectivity index (χ1n) is 5.82. The Bertz CT molecular complexity index is 393. The van der Waals surface area contributed by atoms with Crippen molar-refractivity contribution in [1.29, 1.82) is 0 Å². The van der Waals surface area contributed by atoms with Gasteiger partial charge in [-0.3, -0.25) is 4.79 Å². The molecule has 0 aliphatic carbocycles. The second kappa shape index (κ2) is 5.32. The summed E-state index contributed by atoms with van der Waals surface area (Å²) in [5, 5.41) is 0. The van der Waals surface area contributed by atoms with Crippen LogP contribution >= 0.6 is 0 Å². The topological polar surface area (TPSA) is 52.3 Å². The van der Waals surface area contributed by atoms with Gasteiger partial charge in [-0.05, 0) is 38.8 Å². The van der Waals surface area contributed by atoms with E-state index in [1.807, 2.05) is 52.0 Å². The van der Waals surface area contributed by atoms with Gasteiger partial charge in [-0.2, -0.15) is 0 Å². The summed E-state index contributed by atoms with van der Waals surface area (Å²) in [7, 11) is 0. The molecule has 0 fully saturated rings. The van der Waals surface area contributed by atoms with E-state index in [9.17, 15) is 4.79 Å². The molecule has 1 rings (SSSR count). The van der Waals surface area contributed by atoms with Gasteiger partial charge in [0.1, 0.15) is 5.60 Å². The third-order valence-corrected chi connectivity index (χ3v) is 2.39. The summed E-state index contributed by atoms with van der Waals surface area (Å²) in [4.78, 5) is 11.7. The fourth-order valence-electron chi connectivity index (χ4n) is 1.68. The van der Waals surface area contributed by atoms with E-state index in [-0.39, 0.29) is 18.4 Å². The molecule has 0 saturated carbocycles. The quantitative estimate of drug-likeness (QED) is 0.819. The Kier molecular flexibility index (Phi) is 4.29. The fraction of sp³-hybridized carbons (Fsp3) is 0.500. The van der Waals surface area contributed by atoms with Gasteiger partial charge < -0.3 is 10.5 Å². The summed E-state index contributed by atoms with van der Waals surface area (Å²) in [5.41, 5.74) is 7.66. The molecule has 2 N–H and O–H groups in total. The highest BCUT2D eigenvalue weighted by Crippen LogP contribution is 2.19. The molecule has 0 radical (unpaired) electrons. The van der Waals surface area contributed by atoms with Crippen LogP contribution in [0.5, 0.6) is 0 Å². The Balaban J connectivity index is 2.64. The monoisotopic (exact) mass is 235 g/mol. The van der Waals surface area contributed by atoms with Crippen LogP contribution in [0.1, 0.15) is 44.4 Å². The van der Waals surface area contributed by atoms with E-state index < -0.39 is 5.60 Å². The molecule has 0 aromatic heterocycles. The number of carbonyl (C=O) groups excluding carboxylic acids is 1. The Labute approximate surface area is 103 Å². The second-order valence-corrected chi connectivity index (χ2v) is 5.25. The van der Waals surface area contributed by atoms with Gasteiger partial charge in [-0.1, -0.05) is 24.3 Å². The number of esters is 1. The van der Waals surface area contributed by atoms with E-state index in [2.05, 4.69) is 0 Å². The second-order valence-electron chi connectivity index (χ2n) is 5.25. The molecule has 0 aliphatic heterocycles. The molecule has 1 aromatic rings. The summed E-state index contributed by atoms with van der Waals surface area (Å²) in [5.74, 6) is -0.256. The lowest BCUT2D eigenvalue weighted by molar-refractivity contribution is -0.155. The van der Waals surface area contributed by atoms with Gasteiger partial charge in [-0.25, -0.2) is 0 Å². The molecule has 0 heterocycles. The Morgan fingerprint density at radius 3 is 2.47 bits per heavy atom. The molecule has 0 unspecified atom stereocenters. The van der Waals surface area contributed by atoms with Gasteiger partial charge in [0.05, 0.1) is 6.42 Å². The Morgan fingerprint density at radius 2 is 1.94 bits per heavy atom. The van der Waals surface area contributed by atoms with Crippen LogP contribution in [0.3, 0.4) is 0 Å². The minimum Gasteiger partial charge on any atom is -0.460 e. The zero-order chi connectivity index (χ0) is 13.1. The first-order valence-corrected chi connectivity index (χ1v) is 5.82. The highest BCUT2D eigenvalue weighted by Gasteiger charge is 2.19. The number of benzene rings is 1. The molecule has 0 aliphatic rings. The van der Waals surface area contributed by atoms with Crippen LogP contribution in [0.25, 0.3) is 0 Å². The van der Waals surface area contributed by atoms with Gasteiger partial charge in [-0.15, -0.1) is 0 Å². The van der Waals surface area contributed by atoms with Crippen molar-refractivity contribution in [2.24, 2.45) is 5.73 Å². The molecule has 1 aromatic carbocycles. The van der Waals surface area contributed by atoms with Gasteiger partial charge in [0.25, 0.3) is 0 Å². The first kappa shape index (κ1) is 13.7. The van der Waals surface area contributed by atoms with Gasteiger partial charge in [0.2, 0.25) is 0 Å². The van der Waals surface area contributed by atoms with E-state index in [0.29, 0.717) is 0 Å². The van der Waals surface area contributed by atoms with E-state index in [1.54, 1.807) is 0 Å². The fourth-order valence-corrected chi connectivity index (χ4v) is 1.68. The SMILES string of the molecule is Cc1ccccc1[C@H](N)CC(=O)OC(C)(C)C. The molecule has 0 spiro atoms. The van der Waals surface area contributed by atoms with Gasteiger partial charge in [0.15, 0.2) is 0 Å². The van der Waals surface area contributed by atoms with Crippen LogP contribution in [-0.4, -0.2) is 11.6 Å². The van der Waals surface area contributed by atoms with Crippen LogP contribution in [0.4, 0.5) is 0 Å². The van der Waals surface area contributed by atoms with Gasteiger partial charge >= 0.3 is 5.97 Å². The third-order valence-electron chi connectivity index (χ3n) is 2.39. The number of hydrogen-bond acceptors (Lipinski definition) is 3. The van der Waals surface area contributed by atoms with Crippen LogP contribution < -0.4 is 5.73 Å². The molecule has 94 valence electrons. The summed E-state index contributed by atoms with van der Waals surface area (Å²) in [6.07, 6.45) is 0.210. The minimum absolute atomic E-state index is 0.210. The summed E-state index contributed by atoms with van der Waals surface area (Å²) in [6.45, 7) is 7.54. The molecule has 0 bridgehead atoms. The standard InChI is InChI=1S/C14H21NO2/c1-10-7-5-6-8-11(10)12(15)9-13(16)17-14(2,3)4/h5-8,12H,9,15H2,1-4H3/t12-/m1/s1. The molecule has 1 atom stereocenters. The smallest absolute Gasteiger partial charge is 0.308 e. The number of aryl methyl sites for hydroxylation is 1. The third kappa shape index (κ3) is 4.57. The zero-order valence-corrected chi connectivity index (χ0v) is 11.0. The maximum absolute atomic E-state index is 11.7. The predicted octanol–water partition coefficient (Wildman–Crippen LogP) is 2.73. The molecular weight excluding hydrogens is 214 g/mol. The number of carbonyl (C=O) groups is 1. The van der Waals surface area contributed by atoms with Crippen LogP contribution in [0.2, 0.25) is 0 Å². The van der Waals surface area contributed by atoms with Crippen molar-refractivity contribution >= 4 is 5.97 Å². The van der Waals surface area contributed by atoms with Crippen molar-refractivity contribution in [2.75, 3.05) is 0 Å². The molecule has 3 heteroatoms. The summed E-state index contributed by atoms with van der Waals surface area (Å²) < 4.78 is 5.25. The van der Waals surface area contributed by atoms with Crippen molar-refractivity contribution < 1.29 is 9.53 Å². The van der Waals surface area contributed by atoms with E-state index in [4.69, 9.17) is 10.5 Å². The Hall–Kier alpha value is -1.35. The highest BCUT2D eigenvalue weighted by molar-refractivity contribution is 5.71. The van der Waals surface area contributed by atoms with Crippen LogP contribution in [-0.2, 0) is 9.53 Å². The normalized spacial score (nSPS) is 13.2. The summed E-state index contributed by atoms with van der Waals surface area (Å²) >= 11 is 0. The molecule has 3 nitrogen and oxygen atoms in total. The lowest BCUT2D eigenvalue weighted by Crippen LogP contribution is -2.26. The van der Waals surface area contributed by atoms with Crippen molar-refractivity contribution in [3.05, 3.63) is 35.4 Å². The lowest BCUT2D eigenvalue weighted by atomic mass is 10.00. The lowest BCUT2D eigenvalue weighted by Gasteiger charge is -2.21. The van der Waals surface area contributed by atoms with E-state index in [0.717, 1.165) is 11.1 Å².